The summed E-state index contributed by atoms with van der Waals surface area (Å²) in [4.78, 5) is 10.7. The Balaban J connectivity index is 2.71. The van der Waals surface area contributed by atoms with Crippen LogP contribution in [0.3, 0.4) is 0 Å². The molecule has 0 aliphatic carbocycles. The fraction of sp³-hybridized carbons (Fsp3) is 0.316. The molecule has 3 heteroatoms. The lowest BCUT2D eigenvalue weighted by Crippen LogP contribution is -2.06. The number of aldehydes is 1. The first-order valence-electron chi connectivity index (χ1n) is 7.58. The van der Waals surface area contributed by atoms with Gasteiger partial charge in [-0.25, -0.2) is 4.39 Å². The van der Waals surface area contributed by atoms with Crippen LogP contribution in [0.25, 0.3) is 17.2 Å². The Labute approximate surface area is 131 Å². The molecule has 2 nitrogen and oxygen atoms in total. The summed E-state index contributed by atoms with van der Waals surface area (Å²) < 4.78 is 15.4. The molecule has 0 unspecified atom stereocenters. The smallest absolute Gasteiger partial charge is 0.142 e. The largest absolute Gasteiger partial charge is 0.347 e. The summed E-state index contributed by atoms with van der Waals surface area (Å²) in [6.07, 6.45) is 6.24. The molecule has 0 atom stereocenters. The molecule has 0 aliphatic rings. The average Bonchev–Trinajstić information content (AvgIpc) is 2.85. The van der Waals surface area contributed by atoms with E-state index in [1.165, 1.54) is 23.9 Å². The third-order valence-electron chi connectivity index (χ3n) is 3.71. The highest BCUT2D eigenvalue weighted by molar-refractivity contribution is 5.82. The van der Waals surface area contributed by atoms with Gasteiger partial charge in [0.05, 0.1) is 0 Å². The predicted octanol–water partition coefficient (Wildman–Crippen LogP) is 5.21. The normalized spacial score (nSPS) is 11.8. The number of carbonyl (C=O) groups is 1. The molecule has 22 heavy (non-hydrogen) atoms. The summed E-state index contributed by atoms with van der Waals surface area (Å²) in [6.45, 7) is 8.54. The van der Waals surface area contributed by atoms with Crippen LogP contribution >= 0.6 is 0 Å². The van der Waals surface area contributed by atoms with E-state index < -0.39 is 0 Å². The number of hydrogen-bond acceptors (Lipinski definition) is 1. The number of carbonyl (C=O) groups excluding carboxylic acids is 1. The molecule has 1 aromatic carbocycles. The maximum absolute atomic E-state index is 13.2. The quantitative estimate of drug-likeness (QED) is 0.548. The van der Waals surface area contributed by atoms with Crippen molar-refractivity contribution in [2.24, 2.45) is 0 Å². The van der Waals surface area contributed by atoms with Crippen LogP contribution in [-0.4, -0.2) is 10.9 Å². The number of hydrogen-bond donors (Lipinski definition) is 0. The van der Waals surface area contributed by atoms with Crippen molar-refractivity contribution in [1.29, 1.82) is 0 Å². The number of benzene rings is 1. The Morgan fingerprint density at radius 3 is 2.23 bits per heavy atom. The molecule has 1 heterocycles. The highest BCUT2D eigenvalue weighted by Crippen LogP contribution is 2.35. The zero-order valence-corrected chi connectivity index (χ0v) is 13.5. The molecule has 116 valence electrons. The van der Waals surface area contributed by atoms with E-state index in [0.29, 0.717) is 12.0 Å². The number of rotatable bonds is 5. The molecule has 1 aromatic heterocycles. The minimum Gasteiger partial charge on any atom is -0.347 e. The van der Waals surface area contributed by atoms with Gasteiger partial charge in [0.2, 0.25) is 0 Å². The van der Waals surface area contributed by atoms with E-state index in [-0.39, 0.29) is 5.82 Å². The van der Waals surface area contributed by atoms with Crippen molar-refractivity contribution in [3.63, 3.8) is 0 Å². The van der Waals surface area contributed by atoms with Crippen molar-refractivity contribution in [2.75, 3.05) is 0 Å². The first-order valence-corrected chi connectivity index (χ1v) is 7.58. The maximum atomic E-state index is 13.2. The van der Waals surface area contributed by atoms with Crippen molar-refractivity contribution in [3.05, 3.63) is 53.6 Å². The lowest BCUT2D eigenvalue weighted by Gasteiger charge is -2.16. The van der Waals surface area contributed by atoms with Gasteiger partial charge >= 0.3 is 0 Å². The van der Waals surface area contributed by atoms with Gasteiger partial charge in [-0.1, -0.05) is 26.0 Å². The molecule has 0 aliphatic heterocycles. The van der Waals surface area contributed by atoms with Crippen LogP contribution in [0.2, 0.25) is 0 Å². The minimum atomic E-state index is -0.249. The zero-order chi connectivity index (χ0) is 16.3. The summed E-state index contributed by atoms with van der Waals surface area (Å²) >= 11 is 0. The van der Waals surface area contributed by atoms with Crippen LogP contribution in [0.5, 0.6) is 0 Å². The lowest BCUT2D eigenvalue weighted by atomic mass is 9.98. The Kier molecular flexibility index (Phi) is 4.96. The molecule has 2 aromatic rings. The van der Waals surface area contributed by atoms with Gasteiger partial charge in [0, 0.05) is 29.1 Å². The first-order chi connectivity index (χ1) is 10.5. The molecule has 0 saturated heterocycles. The fourth-order valence-electron chi connectivity index (χ4n) is 2.76. The molecular formula is C19H22FNO. The Hall–Kier alpha value is -2.16. The second-order valence-electron chi connectivity index (χ2n) is 6.00. The number of halogens is 1. The van der Waals surface area contributed by atoms with E-state index in [1.807, 2.05) is 6.08 Å². The summed E-state index contributed by atoms with van der Waals surface area (Å²) in [5.41, 5.74) is 4.19. The van der Waals surface area contributed by atoms with Crippen molar-refractivity contribution >= 4 is 12.4 Å². The molecule has 2 rings (SSSR count). The van der Waals surface area contributed by atoms with Gasteiger partial charge in [-0.05, 0) is 49.6 Å². The van der Waals surface area contributed by atoms with E-state index in [0.717, 1.165) is 23.0 Å². The van der Waals surface area contributed by atoms with Gasteiger partial charge in [0.15, 0.2) is 0 Å². The van der Waals surface area contributed by atoms with E-state index in [1.54, 1.807) is 12.1 Å². The van der Waals surface area contributed by atoms with E-state index in [4.69, 9.17) is 0 Å². The van der Waals surface area contributed by atoms with Crippen molar-refractivity contribution in [1.82, 2.24) is 4.57 Å². The molecular weight excluding hydrogens is 277 g/mol. The highest BCUT2D eigenvalue weighted by atomic mass is 19.1. The van der Waals surface area contributed by atoms with E-state index in [9.17, 15) is 9.18 Å². The summed E-state index contributed by atoms with van der Waals surface area (Å²) in [5, 5.41) is 0. The van der Waals surface area contributed by atoms with Gasteiger partial charge < -0.3 is 4.57 Å². The van der Waals surface area contributed by atoms with Gasteiger partial charge in [-0.15, -0.1) is 0 Å². The van der Waals surface area contributed by atoms with Gasteiger partial charge in [-0.3, -0.25) is 4.79 Å². The third-order valence-corrected chi connectivity index (χ3v) is 3.71. The molecule has 0 spiro atoms. The SMILES string of the molecule is CC(C)c1c(C=CC=O)c(-c2ccc(F)cc2)cn1C(C)C. The molecule has 0 fully saturated rings. The van der Waals surface area contributed by atoms with Crippen LogP contribution in [0, 0.1) is 5.82 Å². The van der Waals surface area contributed by atoms with Gasteiger partial charge in [0.1, 0.15) is 12.1 Å². The summed E-state index contributed by atoms with van der Waals surface area (Å²) in [7, 11) is 0. The molecule has 0 radical (unpaired) electrons. The second-order valence-corrected chi connectivity index (χ2v) is 6.00. The van der Waals surface area contributed by atoms with Crippen molar-refractivity contribution in [2.45, 2.75) is 39.7 Å². The Bertz CT molecular complexity index is 678. The van der Waals surface area contributed by atoms with Crippen molar-refractivity contribution in [3.8, 4) is 11.1 Å². The van der Waals surface area contributed by atoms with E-state index >= 15 is 0 Å². The van der Waals surface area contributed by atoms with Crippen LogP contribution in [0.15, 0.2) is 36.5 Å². The summed E-state index contributed by atoms with van der Waals surface area (Å²) in [5.74, 6) is 0.0732. The maximum Gasteiger partial charge on any atom is 0.142 e. The molecule has 0 amide bonds. The Morgan fingerprint density at radius 1 is 1.09 bits per heavy atom. The van der Waals surface area contributed by atoms with E-state index in [2.05, 4.69) is 38.5 Å². The number of nitrogens with zero attached hydrogens (tertiary/aromatic N) is 1. The first kappa shape index (κ1) is 16.2. The second kappa shape index (κ2) is 6.73. The van der Waals surface area contributed by atoms with Crippen LogP contribution in [0.4, 0.5) is 4.39 Å². The van der Waals surface area contributed by atoms with Gasteiger partial charge in [-0.2, -0.15) is 0 Å². The van der Waals surface area contributed by atoms with Crippen LogP contribution in [-0.2, 0) is 4.79 Å². The topological polar surface area (TPSA) is 22.0 Å². The average molecular weight is 299 g/mol. The number of allylic oxidation sites excluding steroid dienone is 1. The highest BCUT2D eigenvalue weighted by Gasteiger charge is 2.19. The van der Waals surface area contributed by atoms with Crippen LogP contribution < -0.4 is 0 Å². The monoisotopic (exact) mass is 299 g/mol. The molecule has 0 saturated carbocycles. The molecule has 0 bridgehead atoms. The fourth-order valence-corrected chi connectivity index (χ4v) is 2.76. The van der Waals surface area contributed by atoms with Crippen molar-refractivity contribution < 1.29 is 9.18 Å². The number of aromatic nitrogens is 1. The zero-order valence-electron chi connectivity index (χ0n) is 13.5. The lowest BCUT2D eigenvalue weighted by molar-refractivity contribution is -0.104. The molecule has 0 N–H and O–H groups in total. The standard InChI is InChI=1S/C19H22FNO/c1-13(2)19-17(6-5-11-22)18(12-21(19)14(3)4)15-7-9-16(20)10-8-15/h5-14H,1-4H3. The Morgan fingerprint density at radius 2 is 1.73 bits per heavy atom. The predicted molar refractivity (Wildman–Crippen MR) is 89.4 cm³/mol. The summed E-state index contributed by atoms with van der Waals surface area (Å²) in [6, 6.07) is 6.79. The van der Waals surface area contributed by atoms with Crippen LogP contribution in [0.1, 0.15) is 50.9 Å². The van der Waals surface area contributed by atoms with Gasteiger partial charge in [0.25, 0.3) is 0 Å². The minimum absolute atomic E-state index is 0.249. The third kappa shape index (κ3) is 3.19.